The molecule has 10 rings (SSSR count). The number of esters is 1. The van der Waals surface area contributed by atoms with E-state index in [1.165, 1.54) is 25.7 Å². The van der Waals surface area contributed by atoms with E-state index in [-0.39, 0.29) is 72.4 Å². The smallest absolute Gasteiger partial charge is 0.306 e. The fourth-order valence-electron chi connectivity index (χ4n) is 15.1. The lowest BCUT2D eigenvalue weighted by Crippen LogP contribution is -2.86. The molecule has 1 aromatic carbocycles. The van der Waals surface area contributed by atoms with E-state index >= 15 is 0 Å². The highest BCUT2D eigenvalue weighted by Gasteiger charge is 2.78. The molecule has 2 saturated heterocycles. The fourth-order valence-corrected chi connectivity index (χ4v) is 19.1. The molecule has 67 heavy (non-hydrogen) atoms. The van der Waals surface area contributed by atoms with Gasteiger partial charge in [0, 0.05) is 59.4 Å². The van der Waals surface area contributed by atoms with Crippen LogP contribution in [0, 0.1) is 40.9 Å². The maximum atomic E-state index is 13.5. The Morgan fingerprint density at radius 3 is 2.69 bits per heavy atom. The monoisotopic (exact) mass is 970 g/mol. The van der Waals surface area contributed by atoms with Crippen molar-refractivity contribution in [3.63, 3.8) is 0 Å². The molecule has 5 bridgehead atoms. The number of allylic oxidation sites excluding steroid dienone is 1. The molecule has 0 radical (unpaired) electrons. The zero-order valence-electron chi connectivity index (χ0n) is 39.4. The number of benzene rings is 1. The van der Waals surface area contributed by atoms with Crippen LogP contribution in [0.15, 0.2) is 35.0 Å². The molecule has 17 unspecified atom stereocenters. The molecule has 16 heteroatoms. The number of hydrogen-bond acceptors (Lipinski definition) is 16. The molecule has 3 aliphatic heterocycles. The average Bonchev–Trinajstić information content (AvgIpc) is 4.10. The van der Waals surface area contributed by atoms with Gasteiger partial charge in [0.25, 0.3) is 0 Å². The highest BCUT2D eigenvalue weighted by Crippen LogP contribution is 2.68. The summed E-state index contributed by atoms with van der Waals surface area (Å²) in [5.74, 6) is -0.932. The van der Waals surface area contributed by atoms with E-state index in [9.17, 15) is 35.4 Å². The van der Waals surface area contributed by atoms with Crippen molar-refractivity contribution in [2.24, 2.45) is 40.9 Å². The molecule has 1 aromatic heterocycles. The second-order valence-corrected chi connectivity index (χ2v) is 24.7. The zero-order chi connectivity index (χ0) is 46.9. The molecule has 8 aliphatic rings. The van der Waals surface area contributed by atoms with Gasteiger partial charge in [-0.3, -0.25) is 4.79 Å². The Hall–Kier alpha value is -2.09. The molecule has 6 fully saturated rings. The summed E-state index contributed by atoms with van der Waals surface area (Å²) in [6, 6.07) is 4.31. The van der Waals surface area contributed by atoms with Gasteiger partial charge in [0.05, 0.1) is 25.1 Å². The van der Waals surface area contributed by atoms with Crippen molar-refractivity contribution in [2.75, 3.05) is 39.2 Å². The first-order valence-electron chi connectivity index (χ1n) is 25.4. The minimum atomic E-state index is -2.45. The van der Waals surface area contributed by atoms with Crippen molar-refractivity contribution in [2.45, 2.75) is 168 Å². The number of hydrogen-bond donors (Lipinski definition) is 8. The van der Waals surface area contributed by atoms with Gasteiger partial charge >= 0.3 is 5.97 Å². The first-order chi connectivity index (χ1) is 32.2. The summed E-state index contributed by atoms with van der Waals surface area (Å²) in [6.07, 6.45) is 10.6. The predicted octanol–water partition coefficient (Wildman–Crippen LogP) is 5.41. The lowest BCUT2D eigenvalue weighted by atomic mass is 9.50. The van der Waals surface area contributed by atoms with E-state index in [0.717, 1.165) is 44.4 Å². The Labute approximate surface area is 402 Å². The Morgan fingerprint density at radius 2 is 1.88 bits per heavy atom. The number of aliphatic hydroxyl groups excluding tert-OH is 4. The van der Waals surface area contributed by atoms with Crippen LogP contribution in [0.2, 0.25) is 0 Å². The van der Waals surface area contributed by atoms with Crippen molar-refractivity contribution in [1.29, 1.82) is 0 Å². The predicted molar refractivity (Wildman–Crippen MR) is 256 cm³/mol. The van der Waals surface area contributed by atoms with Crippen molar-refractivity contribution in [1.82, 2.24) is 10.6 Å². The van der Waals surface area contributed by atoms with Gasteiger partial charge in [-0.15, -0.1) is 0 Å². The number of rotatable bonds is 6. The molecule has 8 N–H and O–H groups in total. The van der Waals surface area contributed by atoms with E-state index < -0.39 is 71.7 Å². The van der Waals surface area contributed by atoms with Crippen LogP contribution in [-0.2, 0) is 20.7 Å². The van der Waals surface area contributed by atoms with Gasteiger partial charge < -0.3 is 64.6 Å². The topological polar surface area (TPSA) is 213 Å². The molecule has 17 atom stereocenters. The SMILES string of the molecule is CCOC(=O)CCc1cc2ccoc2c2c1OC1OC3(CSSC4(CCC5(CC6CCC(NC)C6C5)C4)C(CCC(C)CCCC3O)NCCO2)C2(O)CC3C=CC(O)C(CO)C3C1(O)C2O. The van der Waals surface area contributed by atoms with Gasteiger partial charge in [0.1, 0.15) is 23.9 Å². The van der Waals surface area contributed by atoms with E-state index in [0.29, 0.717) is 47.4 Å². The molecule has 5 aliphatic carbocycles. The summed E-state index contributed by atoms with van der Waals surface area (Å²) in [6.45, 7) is 4.45. The van der Waals surface area contributed by atoms with Crippen LogP contribution in [0.3, 0.4) is 0 Å². The lowest BCUT2D eigenvalue weighted by Gasteiger charge is -2.67. The molecule has 3 spiro atoms. The summed E-state index contributed by atoms with van der Waals surface area (Å²) in [4.78, 5) is 12.9. The second-order valence-electron chi connectivity index (χ2n) is 22.0. The van der Waals surface area contributed by atoms with Crippen LogP contribution < -0.4 is 20.1 Å². The Kier molecular flexibility index (Phi) is 13.6. The van der Waals surface area contributed by atoms with Crippen LogP contribution >= 0.6 is 21.6 Å². The molecule has 4 saturated carbocycles. The molecular formula is C51H74N2O12S2. The minimum Gasteiger partial charge on any atom is -0.485 e. The number of ether oxygens (including phenoxy) is 4. The summed E-state index contributed by atoms with van der Waals surface area (Å²) in [7, 11) is 5.54. The third-order valence-corrected chi connectivity index (χ3v) is 21.7. The number of furan rings is 1. The number of carbonyl (C=O) groups is 1. The summed E-state index contributed by atoms with van der Waals surface area (Å²) < 4.78 is 32.4. The van der Waals surface area contributed by atoms with Gasteiger partial charge in [-0.05, 0) is 138 Å². The molecule has 2 aromatic rings. The lowest BCUT2D eigenvalue weighted by molar-refractivity contribution is -0.424. The van der Waals surface area contributed by atoms with Crippen molar-refractivity contribution >= 4 is 38.5 Å². The minimum absolute atomic E-state index is 0.00170. The van der Waals surface area contributed by atoms with Crippen LogP contribution in [0.5, 0.6) is 11.5 Å². The van der Waals surface area contributed by atoms with Gasteiger partial charge in [0.2, 0.25) is 12.0 Å². The van der Waals surface area contributed by atoms with E-state index in [4.69, 9.17) is 23.4 Å². The highest BCUT2D eigenvalue weighted by atomic mass is 33.1. The first-order valence-corrected chi connectivity index (χ1v) is 27.7. The third-order valence-electron chi connectivity index (χ3n) is 18.4. The maximum Gasteiger partial charge on any atom is 0.306 e. The van der Waals surface area contributed by atoms with Gasteiger partial charge in [-0.1, -0.05) is 53.5 Å². The van der Waals surface area contributed by atoms with Gasteiger partial charge in [0.15, 0.2) is 16.9 Å². The Bertz CT molecular complexity index is 2140. The summed E-state index contributed by atoms with van der Waals surface area (Å²) in [5, 5.41) is 83.6. The standard InChI is InChI=1S/C51H74N2O12S2/c1-4-61-40(57)15-11-30-22-31-16-20-62-42(31)44-43(30)64-46-51(60)41-33(10-13-37(55)35(41)26-54)24-49(59,45(51)58)50(65-46)28-66-67-48(18-17-47(27-48)23-32-9-12-36(52-3)34(32)25-47)38(53-19-21-63-44)14-8-29(2)6-5-7-39(50)56/h10,13,16,20,22,29,32-39,41,45-46,52-56,58-60H,4-9,11-12,14-15,17-19,21,23-28H2,1-3H3. The quantitative estimate of drug-likeness (QED) is 0.103. The van der Waals surface area contributed by atoms with Crippen LogP contribution in [0.1, 0.15) is 109 Å². The van der Waals surface area contributed by atoms with Crippen LogP contribution in [0.4, 0.5) is 0 Å². The number of fused-ring (bicyclic) bond motifs is 12. The highest BCUT2D eigenvalue weighted by molar-refractivity contribution is 8.77. The molecule has 0 amide bonds. The van der Waals surface area contributed by atoms with E-state index in [1.54, 1.807) is 36.1 Å². The van der Waals surface area contributed by atoms with Gasteiger partial charge in [-0.2, -0.15) is 0 Å². The zero-order valence-corrected chi connectivity index (χ0v) is 41.0. The normalized spacial score (nSPS) is 45.3. The Morgan fingerprint density at radius 1 is 1.03 bits per heavy atom. The molecular weight excluding hydrogens is 897 g/mol. The molecule has 372 valence electrons. The second kappa shape index (κ2) is 18.8. The maximum absolute atomic E-state index is 13.5. The van der Waals surface area contributed by atoms with Crippen molar-refractivity contribution in [3.8, 4) is 11.5 Å². The third kappa shape index (κ3) is 8.10. The number of aliphatic hydroxyl groups is 6. The first kappa shape index (κ1) is 48.5. The van der Waals surface area contributed by atoms with Crippen molar-refractivity contribution in [3.05, 3.63) is 36.1 Å². The largest absolute Gasteiger partial charge is 0.485 e. The van der Waals surface area contributed by atoms with Crippen LogP contribution in [0.25, 0.3) is 11.0 Å². The number of nitrogens with one attached hydrogen (secondary N) is 2. The van der Waals surface area contributed by atoms with E-state index in [2.05, 4.69) is 24.6 Å². The van der Waals surface area contributed by atoms with Gasteiger partial charge in [-0.25, -0.2) is 0 Å². The fraction of sp³-hybridized carbons (Fsp3) is 0.784. The number of aryl methyl sites for hydroxylation is 1. The summed E-state index contributed by atoms with van der Waals surface area (Å²) >= 11 is 0. The van der Waals surface area contributed by atoms with Crippen molar-refractivity contribution < 1.29 is 58.8 Å². The van der Waals surface area contributed by atoms with Crippen LogP contribution in [-0.4, -0.2) is 134 Å². The molecule has 4 heterocycles. The number of carbonyl (C=O) groups excluding carboxylic acids is 1. The Balaban J connectivity index is 1.13. The average molecular weight is 971 g/mol. The summed E-state index contributed by atoms with van der Waals surface area (Å²) in [5.41, 5.74) is -5.43. The van der Waals surface area contributed by atoms with E-state index in [1.807, 2.05) is 22.9 Å². The molecule has 14 nitrogen and oxygen atoms in total.